The van der Waals surface area contributed by atoms with E-state index in [4.69, 9.17) is 4.42 Å². The summed E-state index contributed by atoms with van der Waals surface area (Å²) in [5, 5.41) is 4.82. The lowest BCUT2D eigenvalue weighted by Crippen LogP contribution is -2.16. The van der Waals surface area contributed by atoms with Crippen LogP contribution in [0.2, 0.25) is 0 Å². The van der Waals surface area contributed by atoms with Gasteiger partial charge in [0.1, 0.15) is 11.2 Å². The van der Waals surface area contributed by atoms with Gasteiger partial charge < -0.3 is 9.32 Å². The molecule has 0 amide bonds. The summed E-state index contributed by atoms with van der Waals surface area (Å²) in [4.78, 5) is 2.48. The third-order valence-corrected chi connectivity index (χ3v) is 11.9. The molecule has 0 aliphatic heterocycles. The lowest BCUT2D eigenvalue weighted by atomic mass is 9.82. The maximum Gasteiger partial charge on any atom is 0.143 e. The Bertz CT molecular complexity index is 2590. The Morgan fingerprint density at radius 1 is 0.549 bits per heavy atom. The van der Waals surface area contributed by atoms with Crippen molar-refractivity contribution in [1.82, 2.24) is 0 Å². The van der Waals surface area contributed by atoms with Crippen molar-refractivity contribution in [2.24, 2.45) is 0 Å². The fourth-order valence-corrected chi connectivity index (χ4v) is 9.29. The summed E-state index contributed by atoms with van der Waals surface area (Å²) in [6.45, 7) is 4.73. The minimum atomic E-state index is -0.105. The number of hydrogen-bond donors (Lipinski definition) is 0. The third kappa shape index (κ3) is 4.77. The number of furan rings is 1. The van der Waals surface area contributed by atoms with Gasteiger partial charge in [0.05, 0.1) is 5.69 Å². The molecule has 0 radical (unpaired) electrons. The molecule has 1 saturated carbocycles. The SMILES string of the molecule is CC1(C)c2ccccc2-c2ccc(N(c3ccc(-c4ccccc4)cc3)c3cc4c(oc5cccc(C6CCCCC6)c54)c4ccccc34)cc21. The summed E-state index contributed by atoms with van der Waals surface area (Å²) in [5.74, 6) is 0.570. The van der Waals surface area contributed by atoms with Crippen molar-refractivity contribution >= 4 is 49.8 Å². The first-order valence-corrected chi connectivity index (χ1v) is 18.6. The van der Waals surface area contributed by atoms with Crippen molar-refractivity contribution in [1.29, 1.82) is 0 Å². The molecule has 1 heterocycles. The second kappa shape index (κ2) is 11.7. The second-order valence-electron chi connectivity index (χ2n) is 15.1. The molecule has 2 aliphatic rings. The van der Waals surface area contributed by atoms with E-state index in [-0.39, 0.29) is 5.41 Å². The van der Waals surface area contributed by atoms with E-state index in [2.05, 4.69) is 164 Å². The van der Waals surface area contributed by atoms with Crippen molar-refractivity contribution in [3.8, 4) is 22.3 Å². The molecule has 2 nitrogen and oxygen atoms in total. The average Bonchev–Trinajstić information content (AvgIpc) is 3.68. The first-order chi connectivity index (χ1) is 25.1. The van der Waals surface area contributed by atoms with Crippen molar-refractivity contribution in [3.05, 3.63) is 162 Å². The summed E-state index contributed by atoms with van der Waals surface area (Å²) >= 11 is 0. The highest BCUT2D eigenvalue weighted by molar-refractivity contribution is 6.20. The normalized spacial score (nSPS) is 15.3. The molecule has 0 spiro atoms. The number of hydrogen-bond acceptors (Lipinski definition) is 2. The molecule has 10 rings (SSSR count). The first kappa shape index (κ1) is 30.2. The van der Waals surface area contributed by atoms with Crippen LogP contribution in [0.1, 0.15) is 68.6 Å². The first-order valence-electron chi connectivity index (χ1n) is 18.6. The van der Waals surface area contributed by atoms with Crippen LogP contribution in [0, 0.1) is 0 Å². The van der Waals surface area contributed by atoms with Crippen molar-refractivity contribution in [2.45, 2.75) is 57.3 Å². The molecule has 248 valence electrons. The average molecular weight is 660 g/mol. The van der Waals surface area contributed by atoms with Crippen molar-refractivity contribution < 1.29 is 4.42 Å². The Hall–Kier alpha value is -5.60. The summed E-state index contributed by atoms with van der Waals surface area (Å²) in [5.41, 5.74) is 14.6. The zero-order valence-corrected chi connectivity index (χ0v) is 29.3. The molecule has 51 heavy (non-hydrogen) atoms. The lowest BCUT2D eigenvalue weighted by Gasteiger charge is -2.29. The third-order valence-electron chi connectivity index (χ3n) is 11.9. The van der Waals surface area contributed by atoms with Gasteiger partial charge in [-0.3, -0.25) is 0 Å². The van der Waals surface area contributed by atoms with Gasteiger partial charge in [0.15, 0.2) is 0 Å². The largest absolute Gasteiger partial charge is 0.455 e. The Morgan fingerprint density at radius 2 is 1.24 bits per heavy atom. The maximum atomic E-state index is 6.81. The number of rotatable bonds is 5. The molecule has 1 aromatic heterocycles. The van der Waals surface area contributed by atoms with Crippen LogP contribution >= 0.6 is 0 Å². The molecule has 0 atom stereocenters. The van der Waals surface area contributed by atoms with E-state index in [1.807, 2.05) is 0 Å². The minimum absolute atomic E-state index is 0.105. The van der Waals surface area contributed by atoms with Crippen LogP contribution < -0.4 is 4.90 Å². The summed E-state index contributed by atoms with van der Waals surface area (Å²) in [6, 6.07) is 53.7. The number of nitrogens with zero attached hydrogens (tertiary/aromatic N) is 1. The number of benzene rings is 7. The lowest BCUT2D eigenvalue weighted by molar-refractivity contribution is 0.445. The summed E-state index contributed by atoms with van der Waals surface area (Å²) in [7, 11) is 0. The van der Waals surface area contributed by atoms with E-state index in [1.54, 1.807) is 0 Å². The highest BCUT2D eigenvalue weighted by atomic mass is 16.3. The number of anilines is 3. The zero-order valence-electron chi connectivity index (χ0n) is 29.3. The van der Waals surface area contributed by atoms with Crippen molar-refractivity contribution in [2.75, 3.05) is 4.90 Å². The smallest absolute Gasteiger partial charge is 0.143 e. The topological polar surface area (TPSA) is 16.4 Å². The molecule has 0 unspecified atom stereocenters. The zero-order chi connectivity index (χ0) is 34.1. The summed E-state index contributed by atoms with van der Waals surface area (Å²) < 4.78 is 6.81. The highest BCUT2D eigenvalue weighted by Crippen LogP contribution is 2.52. The van der Waals surface area contributed by atoms with Crippen LogP contribution in [0.4, 0.5) is 17.1 Å². The molecular weight excluding hydrogens is 619 g/mol. The van der Waals surface area contributed by atoms with Gasteiger partial charge >= 0.3 is 0 Å². The monoisotopic (exact) mass is 659 g/mol. The van der Waals surface area contributed by atoms with Crippen LogP contribution in [0.15, 0.2) is 150 Å². The van der Waals surface area contributed by atoms with E-state index in [0.717, 1.165) is 27.9 Å². The minimum Gasteiger partial charge on any atom is -0.455 e. The molecule has 0 bridgehead atoms. The van der Waals surface area contributed by atoms with Crippen LogP contribution in [-0.2, 0) is 5.41 Å². The number of fused-ring (bicyclic) bond motifs is 8. The Kier molecular flexibility index (Phi) is 6.96. The molecule has 0 saturated heterocycles. The van der Waals surface area contributed by atoms with Crippen LogP contribution in [0.5, 0.6) is 0 Å². The van der Waals surface area contributed by atoms with Crippen LogP contribution in [0.25, 0.3) is 55.0 Å². The van der Waals surface area contributed by atoms with E-state index < -0.39 is 0 Å². The van der Waals surface area contributed by atoms with E-state index in [0.29, 0.717) is 5.92 Å². The quantitative estimate of drug-likeness (QED) is 0.183. The molecule has 2 aliphatic carbocycles. The molecular formula is C49H41NO. The highest BCUT2D eigenvalue weighted by Gasteiger charge is 2.36. The standard InChI is InChI=1S/C49H41NO/c1-49(2)43-22-12-11-18-38(43)39-29-28-36(30-44(39)49)50(35-26-24-33(25-27-35)32-14-5-3-6-15-32)45-31-42-47-37(34-16-7-4-8-17-34)21-13-23-46(47)51-48(42)41-20-10-9-19-40(41)45/h3,5-6,9-15,18-31,34H,4,7-8,16-17H2,1-2H3. The molecule has 0 N–H and O–H groups in total. The van der Waals surface area contributed by atoms with Gasteiger partial charge in [-0.05, 0) is 94.1 Å². The Morgan fingerprint density at radius 3 is 2.06 bits per heavy atom. The van der Waals surface area contributed by atoms with Gasteiger partial charge in [0.25, 0.3) is 0 Å². The molecule has 8 aromatic rings. The van der Waals surface area contributed by atoms with Gasteiger partial charge in [-0.2, -0.15) is 0 Å². The molecule has 2 heteroatoms. The van der Waals surface area contributed by atoms with Gasteiger partial charge in [0.2, 0.25) is 0 Å². The summed E-state index contributed by atoms with van der Waals surface area (Å²) in [6.07, 6.45) is 6.44. The predicted molar refractivity (Wildman–Crippen MR) is 215 cm³/mol. The van der Waals surface area contributed by atoms with E-state index in [1.165, 1.54) is 92.9 Å². The Balaban J connectivity index is 1.23. The van der Waals surface area contributed by atoms with Crippen LogP contribution in [-0.4, -0.2) is 0 Å². The molecule has 7 aromatic carbocycles. The van der Waals surface area contributed by atoms with Gasteiger partial charge in [-0.1, -0.05) is 142 Å². The van der Waals surface area contributed by atoms with Gasteiger partial charge in [-0.15, -0.1) is 0 Å². The fourth-order valence-electron chi connectivity index (χ4n) is 9.29. The maximum absolute atomic E-state index is 6.81. The Labute approximate surface area is 300 Å². The van der Waals surface area contributed by atoms with E-state index in [9.17, 15) is 0 Å². The second-order valence-corrected chi connectivity index (χ2v) is 15.1. The van der Waals surface area contributed by atoms with Crippen LogP contribution in [0.3, 0.4) is 0 Å². The fraction of sp³-hybridized carbons (Fsp3) is 0.184. The predicted octanol–water partition coefficient (Wildman–Crippen LogP) is 14.2. The van der Waals surface area contributed by atoms with E-state index >= 15 is 0 Å². The van der Waals surface area contributed by atoms with Gasteiger partial charge in [-0.25, -0.2) is 0 Å². The molecule has 1 fully saturated rings. The van der Waals surface area contributed by atoms with Gasteiger partial charge in [0, 0.05) is 38.3 Å². The van der Waals surface area contributed by atoms with Crippen molar-refractivity contribution in [3.63, 3.8) is 0 Å².